The number of imide groups is 1. The van der Waals surface area contributed by atoms with E-state index in [9.17, 15) is 19.2 Å². The fourth-order valence-electron chi connectivity index (χ4n) is 7.45. The van der Waals surface area contributed by atoms with E-state index in [0.29, 0.717) is 50.3 Å². The quantitative estimate of drug-likeness (QED) is 0.0960. The Labute approximate surface area is 266 Å². The second kappa shape index (κ2) is 10.2. The van der Waals surface area contributed by atoms with Gasteiger partial charge in [-0.15, -0.1) is 0 Å². The van der Waals surface area contributed by atoms with Crippen LogP contribution in [0.3, 0.4) is 0 Å². The number of pyridine rings is 1. The van der Waals surface area contributed by atoms with Gasteiger partial charge in [0.2, 0.25) is 11.8 Å². The van der Waals surface area contributed by atoms with Gasteiger partial charge in [0.05, 0.1) is 39.3 Å². The van der Waals surface area contributed by atoms with Gasteiger partial charge in [0.1, 0.15) is 0 Å². The zero-order valence-corrected chi connectivity index (χ0v) is 25.5. The van der Waals surface area contributed by atoms with Gasteiger partial charge in [0, 0.05) is 21.0 Å². The van der Waals surface area contributed by atoms with Gasteiger partial charge in [-0.05, 0) is 66.5 Å². The summed E-state index contributed by atoms with van der Waals surface area (Å²) in [4.78, 5) is 59.1. The number of esters is 1. The molecule has 0 N–H and O–H groups in total. The molecule has 2 heterocycles. The molecule has 2 amide bonds. The Balaban J connectivity index is 1.07. The van der Waals surface area contributed by atoms with Gasteiger partial charge in [-0.25, -0.2) is 9.78 Å². The highest BCUT2D eigenvalue weighted by atomic mass is 79.9. The summed E-state index contributed by atoms with van der Waals surface area (Å²) in [7, 11) is 0. The second-order valence-corrected chi connectivity index (χ2v) is 13.2. The van der Waals surface area contributed by atoms with E-state index >= 15 is 0 Å². The number of carbonyl (C=O) groups excluding carboxylic acids is 4. The van der Waals surface area contributed by atoms with E-state index in [1.165, 1.54) is 4.90 Å². The Morgan fingerprint density at radius 3 is 2.23 bits per heavy atom. The molecular weight excluding hydrogens is 644 g/mol. The topological polar surface area (TPSA) is 93.6 Å². The van der Waals surface area contributed by atoms with Crippen LogP contribution in [0.5, 0.6) is 0 Å². The average molecular weight is 668 g/mol. The predicted molar refractivity (Wildman–Crippen MR) is 168 cm³/mol. The molecule has 9 rings (SSSR count). The average Bonchev–Trinajstić information content (AvgIpc) is 3.82. The van der Waals surface area contributed by atoms with Crippen LogP contribution in [-0.4, -0.2) is 35.2 Å². The minimum atomic E-state index is -0.680. The molecule has 3 aromatic carbocycles. The van der Waals surface area contributed by atoms with Crippen molar-refractivity contribution in [1.82, 2.24) is 4.98 Å². The van der Waals surface area contributed by atoms with Gasteiger partial charge in [-0.1, -0.05) is 76.1 Å². The molecule has 2 saturated carbocycles. The van der Waals surface area contributed by atoms with Gasteiger partial charge in [-0.2, -0.15) is 0 Å². The molecular formula is C35H24BrClN2O5. The zero-order chi connectivity index (χ0) is 30.3. The van der Waals surface area contributed by atoms with Crippen LogP contribution < -0.4 is 4.90 Å². The van der Waals surface area contributed by atoms with E-state index in [2.05, 4.69) is 28.1 Å². The van der Waals surface area contributed by atoms with Crippen molar-refractivity contribution in [2.75, 3.05) is 11.5 Å². The summed E-state index contributed by atoms with van der Waals surface area (Å²) in [5.41, 5.74) is 2.71. The van der Waals surface area contributed by atoms with Crippen molar-refractivity contribution in [3.05, 3.63) is 106 Å². The van der Waals surface area contributed by atoms with E-state index in [1.54, 1.807) is 72.8 Å². The fourth-order valence-corrected chi connectivity index (χ4v) is 7.93. The summed E-state index contributed by atoms with van der Waals surface area (Å²) in [5.74, 6) is -0.386. The molecule has 0 spiro atoms. The van der Waals surface area contributed by atoms with Crippen molar-refractivity contribution in [3.63, 3.8) is 0 Å². The summed E-state index contributed by atoms with van der Waals surface area (Å²) in [6.07, 6.45) is 5.44. The molecule has 1 saturated heterocycles. The number of benzene rings is 3. The number of aromatic nitrogens is 1. The van der Waals surface area contributed by atoms with E-state index < -0.39 is 12.6 Å². The lowest BCUT2D eigenvalue weighted by molar-refractivity contribution is -0.124. The number of hydrogen-bond acceptors (Lipinski definition) is 6. The number of ether oxygens (including phenoxy) is 1. The van der Waals surface area contributed by atoms with Crippen molar-refractivity contribution in [2.24, 2.45) is 35.5 Å². The van der Waals surface area contributed by atoms with E-state index in [-0.39, 0.29) is 46.8 Å². The monoisotopic (exact) mass is 666 g/mol. The van der Waals surface area contributed by atoms with Gasteiger partial charge in [0.15, 0.2) is 12.4 Å². The maximum absolute atomic E-state index is 13.5. The number of allylic oxidation sites excluding steroid dienone is 2. The lowest BCUT2D eigenvalue weighted by atomic mass is 9.63. The van der Waals surface area contributed by atoms with Crippen LogP contribution >= 0.6 is 27.5 Å². The molecule has 5 aliphatic rings. The number of halogens is 2. The molecule has 1 aromatic heterocycles. The third-order valence-corrected chi connectivity index (χ3v) is 10.4. The number of rotatable bonds is 6. The molecule has 218 valence electrons. The highest BCUT2D eigenvalue weighted by Crippen LogP contribution is 2.65. The van der Waals surface area contributed by atoms with E-state index in [0.717, 1.165) is 10.9 Å². The first-order valence-electron chi connectivity index (χ1n) is 14.5. The number of amides is 2. The van der Waals surface area contributed by atoms with Crippen LogP contribution in [0.25, 0.3) is 22.2 Å². The number of anilines is 1. The second-order valence-electron chi connectivity index (χ2n) is 11.9. The number of carbonyl (C=O) groups is 4. The molecule has 6 unspecified atom stereocenters. The summed E-state index contributed by atoms with van der Waals surface area (Å²) in [6.45, 7) is -0.423. The third kappa shape index (κ3) is 4.26. The smallest absolute Gasteiger partial charge is 0.339 e. The summed E-state index contributed by atoms with van der Waals surface area (Å²) < 4.78 is 6.28. The largest absolute Gasteiger partial charge is 0.454 e. The molecule has 6 atom stereocenters. The van der Waals surface area contributed by atoms with Crippen LogP contribution in [0, 0.1) is 35.5 Å². The SMILES string of the molecule is O=C(COC(=O)c1cc(-c2ccc(N3C(=O)C4C5C=CC(C6CC56)C4C3=O)cc2)nc2c(Cl)cccc12)c1ccc(Br)cc1. The third-order valence-electron chi connectivity index (χ3n) is 9.59. The highest BCUT2D eigenvalue weighted by Gasteiger charge is 2.67. The van der Waals surface area contributed by atoms with Crippen molar-refractivity contribution < 1.29 is 23.9 Å². The first-order chi connectivity index (χ1) is 21.3. The summed E-state index contributed by atoms with van der Waals surface area (Å²) >= 11 is 9.84. The molecule has 3 fully saturated rings. The Kier molecular flexibility index (Phi) is 6.36. The number of ketones is 1. The van der Waals surface area contributed by atoms with Gasteiger partial charge < -0.3 is 4.74 Å². The van der Waals surface area contributed by atoms with Crippen molar-refractivity contribution in [2.45, 2.75) is 6.42 Å². The normalized spacial score (nSPS) is 26.1. The van der Waals surface area contributed by atoms with Crippen molar-refractivity contribution >= 4 is 67.7 Å². The number of hydrogen-bond donors (Lipinski definition) is 0. The Morgan fingerprint density at radius 2 is 1.57 bits per heavy atom. The number of Topliss-reactive ketones (excluding diaryl/α,β-unsaturated/α-hetero) is 1. The molecule has 0 radical (unpaired) electrons. The number of fused-ring (bicyclic) bond motifs is 1. The van der Waals surface area contributed by atoms with Crippen LogP contribution in [0.15, 0.2) is 89.4 Å². The van der Waals surface area contributed by atoms with Crippen LogP contribution in [-0.2, 0) is 14.3 Å². The molecule has 1 aliphatic heterocycles. The minimum Gasteiger partial charge on any atom is -0.454 e. The van der Waals surface area contributed by atoms with Gasteiger partial charge >= 0.3 is 5.97 Å². The Morgan fingerprint density at radius 1 is 0.909 bits per heavy atom. The Bertz CT molecular complexity index is 1900. The summed E-state index contributed by atoms with van der Waals surface area (Å²) in [6, 6.07) is 20.6. The van der Waals surface area contributed by atoms with Crippen molar-refractivity contribution in [3.8, 4) is 11.3 Å². The van der Waals surface area contributed by atoms with E-state index in [4.69, 9.17) is 21.3 Å². The first-order valence-corrected chi connectivity index (χ1v) is 15.7. The number of para-hydroxylation sites is 1. The lowest BCUT2D eigenvalue weighted by Gasteiger charge is -2.37. The molecule has 7 nitrogen and oxygen atoms in total. The number of nitrogens with zero attached hydrogens (tertiary/aromatic N) is 2. The predicted octanol–water partition coefficient (Wildman–Crippen LogP) is 6.91. The van der Waals surface area contributed by atoms with Gasteiger partial charge in [0.25, 0.3) is 0 Å². The molecule has 4 aromatic rings. The maximum atomic E-state index is 13.5. The zero-order valence-electron chi connectivity index (χ0n) is 23.2. The molecule has 9 heteroatoms. The molecule has 2 bridgehead atoms. The van der Waals surface area contributed by atoms with Crippen LogP contribution in [0.1, 0.15) is 27.1 Å². The van der Waals surface area contributed by atoms with Crippen LogP contribution in [0.2, 0.25) is 5.02 Å². The molecule has 4 aliphatic carbocycles. The van der Waals surface area contributed by atoms with Crippen molar-refractivity contribution in [1.29, 1.82) is 0 Å². The first kappa shape index (κ1) is 27.4. The van der Waals surface area contributed by atoms with E-state index in [1.807, 2.05) is 0 Å². The maximum Gasteiger partial charge on any atom is 0.339 e. The highest BCUT2D eigenvalue weighted by molar-refractivity contribution is 9.10. The Hall–Kier alpha value is -4.14. The summed E-state index contributed by atoms with van der Waals surface area (Å²) in [5, 5.41) is 0.856. The minimum absolute atomic E-state index is 0.115. The fraction of sp³-hybridized carbons (Fsp3) is 0.229. The standard InChI is InChI=1S/C35H24BrClN2O5/c36-19-8-4-18(5-9-19)29(40)16-44-35(43)26-15-28(38-32-23(26)2-1-3-27(32)37)17-6-10-20(11-7-17)39-33(41)30-21-12-13-22(25-14-24(21)25)31(30)34(39)42/h1-13,15,21-22,24-25,30-31H,14,16H2. The molecule has 44 heavy (non-hydrogen) atoms. The van der Waals surface area contributed by atoms with Gasteiger partial charge in [-0.3, -0.25) is 19.3 Å². The lowest BCUT2D eigenvalue weighted by Crippen LogP contribution is -2.40. The van der Waals surface area contributed by atoms with Crippen LogP contribution in [0.4, 0.5) is 5.69 Å².